The number of benzene rings is 2. The Morgan fingerprint density at radius 2 is 1.95 bits per heavy atom. The lowest BCUT2D eigenvalue weighted by Crippen LogP contribution is -2.36. The zero-order valence-electron chi connectivity index (χ0n) is 22.4. The molecule has 3 heterocycles. The van der Waals surface area contributed by atoms with E-state index in [4.69, 9.17) is 4.74 Å². The van der Waals surface area contributed by atoms with Gasteiger partial charge in [0.1, 0.15) is 5.82 Å². The molecule has 2 atom stereocenters. The molecule has 0 amide bonds. The summed E-state index contributed by atoms with van der Waals surface area (Å²) in [6.45, 7) is 10.6. The third-order valence-electron chi connectivity index (χ3n) is 7.55. The lowest BCUT2D eigenvalue weighted by molar-refractivity contribution is 0.0851. The van der Waals surface area contributed by atoms with Gasteiger partial charge in [0.2, 0.25) is 0 Å². The molecule has 2 aromatic heterocycles. The van der Waals surface area contributed by atoms with Crippen molar-refractivity contribution < 1.29 is 9.13 Å². The Morgan fingerprint density at radius 3 is 2.66 bits per heavy atom. The summed E-state index contributed by atoms with van der Waals surface area (Å²) < 4.78 is 21.4. The second-order valence-electron chi connectivity index (χ2n) is 10.7. The molecule has 2 aromatic carbocycles. The zero-order chi connectivity index (χ0) is 26.8. The number of fused-ring (bicyclic) bond motifs is 1. The van der Waals surface area contributed by atoms with Crippen LogP contribution in [0.15, 0.2) is 47.3 Å². The van der Waals surface area contributed by atoms with Crippen molar-refractivity contribution >= 4 is 10.9 Å². The predicted molar refractivity (Wildman–Crippen MR) is 144 cm³/mol. The first-order valence-electron chi connectivity index (χ1n) is 13.3. The van der Waals surface area contributed by atoms with Crippen LogP contribution in [0.5, 0.6) is 0 Å². The van der Waals surface area contributed by atoms with Crippen molar-refractivity contribution in [1.82, 2.24) is 30.1 Å². The van der Waals surface area contributed by atoms with Gasteiger partial charge in [-0.25, -0.2) is 9.07 Å². The highest BCUT2D eigenvalue weighted by Gasteiger charge is 2.31. The molecule has 1 N–H and O–H groups in total. The fraction of sp³-hybridized carbons (Fsp3) is 0.448. The number of aryl methyl sites for hydroxylation is 2. The van der Waals surface area contributed by atoms with E-state index in [2.05, 4.69) is 45.3 Å². The number of hydrogen-bond donors (Lipinski definition) is 1. The van der Waals surface area contributed by atoms with E-state index in [0.29, 0.717) is 25.2 Å². The summed E-state index contributed by atoms with van der Waals surface area (Å²) in [7, 11) is 0. The van der Waals surface area contributed by atoms with Crippen molar-refractivity contribution in [1.29, 1.82) is 0 Å². The Balaban J connectivity index is 1.54. The molecule has 200 valence electrons. The Labute approximate surface area is 221 Å². The van der Waals surface area contributed by atoms with Crippen LogP contribution in [0, 0.1) is 25.6 Å². The Kier molecular flexibility index (Phi) is 7.67. The summed E-state index contributed by atoms with van der Waals surface area (Å²) in [5.74, 6) is 0.591. The van der Waals surface area contributed by atoms with Crippen LogP contribution in [-0.4, -0.2) is 42.8 Å². The average Bonchev–Trinajstić information content (AvgIpc) is 3.57. The fourth-order valence-electron chi connectivity index (χ4n) is 5.40. The molecule has 0 radical (unpaired) electrons. The van der Waals surface area contributed by atoms with Crippen molar-refractivity contribution in [2.75, 3.05) is 6.61 Å². The van der Waals surface area contributed by atoms with Crippen LogP contribution in [-0.2, 0) is 24.4 Å². The maximum atomic E-state index is 13.7. The van der Waals surface area contributed by atoms with Gasteiger partial charge in [0.05, 0.1) is 24.2 Å². The van der Waals surface area contributed by atoms with E-state index in [1.165, 1.54) is 12.1 Å². The van der Waals surface area contributed by atoms with Crippen LogP contribution in [0.3, 0.4) is 0 Å². The number of halogens is 1. The Bertz CT molecular complexity index is 1460. The van der Waals surface area contributed by atoms with E-state index in [1.54, 1.807) is 12.1 Å². The van der Waals surface area contributed by atoms with E-state index in [0.717, 1.165) is 52.9 Å². The van der Waals surface area contributed by atoms with Gasteiger partial charge in [0.25, 0.3) is 5.56 Å². The molecule has 1 fully saturated rings. The number of nitrogens with zero attached hydrogens (tertiary/aromatic N) is 5. The van der Waals surface area contributed by atoms with Crippen LogP contribution in [0.25, 0.3) is 10.9 Å². The number of aromatic nitrogens is 5. The molecule has 0 saturated carbocycles. The van der Waals surface area contributed by atoms with E-state index < -0.39 is 0 Å². The third-order valence-corrected chi connectivity index (χ3v) is 7.55. The number of aromatic amines is 1. The maximum Gasteiger partial charge on any atom is 0.252 e. The molecule has 4 aromatic rings. The molecule has 0 bridgehead atoms. The van der Waals surface area contributed by atoms with E-state index >= 15 is 0 Å². The van der Waals surface area contributed by atoms with Crippen LogP contribution in [0.2, 0.25) is 0 Å². The predicted octanol–water partition coefficient (Wildman–Crippen LogP) is 4.85. The number of tetrazole rings is 1. The molecule has 9 heteroatoms. The minimum atomic E-state index is -0.280. The molecule has 0 aliphatic carbocycles. The summed E-state index contributed by atoms with van der Waals surface area (Å²) in [6, 6.07) is 12.4. The molecular weight excluding hydrogens is 483 g/mol. The summed E-state index contributed by atoms with van der Waals surface area (Å²) in [6.07, 6.45) is 2.11. The van der Waals surface area contributed by atoms with Gasteiger partial charge >= 0.3 is 0 Å². The minimum absolute atomic E-state index is 0.0886. The monoisotopic (exact) mass is 518 g/mol. The second-order valence-corrected chi connectivity index (χ2v) is 10.7. The fourth-order valence-corrected chi connectivity index (χ4v) is 5.40. The summed E-state index contributed by atoms with van der Waals surface area (Å²) in [4.78, 5) is 18.6. The molecule has 0 spiro atoms. The number of nitrogens with one attached hydrogen (secondary N) is 1. The van der Waals surface area contributed by atoms with Crippen LogP contribution in [0.1, 0.15) is 60.8 Å². The SMILES string of the molecule is Cc1ccc2cc(CN(Cc3ccc(F)cc3)C(c3nnnn3CC3CCCO3)C(C)C)c(=O)[nH]c2c1C. The highest BCUT2D eigenvalue weighted by Crippen LogP contribution is 2.31. The lowest BCUT2D eigenvalue weighted by atomic mass is 9.99. The van der Waals surface area contributed by atoms with Gasteiger partial charge < -0.3 is 9.72 Å². The number of H-pyrrole nitrogens is 1. The van der Waals surface area contributed by atoms with Crippen LogP contribution >= 0.6 is 0 Å². The largest absolute Gasteiger partial charge is 0.376 e. The number of hydrogen-bond acceptors (Lipinski definition) is 6. The molecule has 1 saturated heterocycles. The first-order valence-corrected chi connectivity index (χ1v) is 13.3. The summed E-state index contributed by atoms with van der Waals surface area (Å²) in [5, 5.41) is 13.8. The zero-order valence-corrected chi connectivity index (χ0v) is 22.4. The average molecular weight is 519 g/mol. The molecule has 38 heavy (non-hydrogen) atoms. The quantitative estimate of drug-likeness (QED) is 0.341. The van der Waals surface area contributed by atoms with Crippen molar-refractivity contribution in [2.45, 2.75) is 72.3 Å². The highest BCUT2D eigenvalue weighted by atomic mass is 19.1. The smallest absolute Gasteiger partial charge is 0.252 e. The second kappa shape index (κ2) is 11.1. The van der Waals surface area contributed by atoms with Crippen molar-refractivity contribution in [3.05, 3.63) is 86.7 Å². The van der Waals surface area contributed by atoms with Gasteiger partial charge in [0, 0.05) is 25.3 Å². The minimum Gasteiger partial charge on any atom is -0.376 e. The normalized spacial score (nSPS) is 16.7. The van der Waals surface area contributed by atoms with Crippen molar-refractivity contribution in [3.8, 4) is 0 Å². The first-order chi connectivity index (χ1) is 18.3. The molecular formula is C29H35FN6O2. The van der Waals surface area contributed by atoms with E-state index in [9.17, 15) is 9.18 Å². The molecule has 8 nitrogen and oxygen atoms in total. The molecule has 1 aliphatic rings. The van der Waals surface area contributed by atoms with Gasteiger partial charge in [-0.1, -0.05) is 38.1 Å². The molecule has 5 rings (SSSR count). The topological polar surface area (TPSA) is 88.9 Å². The van der Waals surface area contributed by atoms with Gasteiger partial charge in [-0.3, -0.25) is 9.69 Å². The van der Waals surface area contributed by atoms with Crippen LogP contribution < -0.4 is 5.56 Å². The van der Waals surface area contributed by atoms with Crippen LogP contribution in [0.4, 0.5) is 4.39 Å². The number of rotatable bonds is 9. The van der Waals surface area contributed by atoms with Gasteiger partial charge in [-0.05, 0) is 83.3 Å². The summed E-state index contributed by atoms with van der Waals surface area (Å²) in [5.41, 5.74) is 4.56. The third kappa shape index (κ3) is 5.54. The standard InChI is InChI=1S/C29H35FN6O2/c1-18(2)27(28-32-33-34-36(28)17-25-6-5-13-38-25)35(15-21-8-11-24(30)12-9-21)16-23-14-22-10-7-19(3)20(4)26(22)31-29(23)37/h7-12,14,18,25,27H,5-6,13,15-17H2,1-4H3,(H,31,37). The Hall–Kier alpha value is -3.43. The van der Waals surface area contributed by atoms with Crippen molar-refractivity contribution in [2.24, 2.45) is 5.92 Å². The van der Waals surface area contributed by atoms with Gasteiger partial charge in [0.15, 0.2) is 5.82 Å². The van der Waals surface area contributed by atoms with Gasteiger partial charge in [-0.2, -0.15) is 0 Å². The number of pyridine rings is 1. The highest BCUT2D eigenvalue weighted by molar-refractivity contribution is 5.83. The first kappa shape index (κ1) is 26.2. The van der Waals surface area contributed by atoms with E-state index in [1.807, 2.05) is 30.7 Å². The molecule has 1 aliphatic heterocycles. The Morgan fingerprint density at radius 1 is 1.16 bits per heavy atom. The number of ether oxygens (including phenoxy) is 1. The molecule has 2 unspecified atom stereocenters. The van der Waals surface area contributed by atoms with Gasteiger partial charge in [-0.15, -0.1) is 5.10 Å². The lowest BCUT2D eigenvalue weighted by Gasteiger charge is -2.33. The van der Waals surface area contributed by atoms with E-state index in [-0.39, 0.29) is 29.4 Å². The maximum absolute atomic E-state index is 13.7. The van der Waals surface area contributed by atoms with Crippen molar-refractivity contribution in [3.63, 3.8) is 0 Å². The summed E-state index contributed by atoms with van der Waals surface area (Å²) >= 11 is 0.